The van der Waals surface area contributed by atoms with Crippen LogP contribution in [-0.4, -0.2) is 12.5 Å². The summed E-state index contributed by atoms with van der Waals surface area (Å²) >= 11 is 7.08. The molecule has 0 spiro atoms. The minimum Gasteiger partial charge on any atom is -0.483 e. The molecule has 3 rings (SSSR count). The summed E-state index contributed by atoms with van der Waals surface area (Å²) in [6.45, 7) is 6.39. The smallest absolute Gasteiger partial charge is 0.262 e. The number of rotatable bonds is 5. The molecule has 0 atom stereocenters. The van der Waals surface area contributed by atoms with Gasteiger partial charge in [0, 0.05) is 4.47 Å². The van der Waals surface area contributed by atoms with Crippen molar-refractivity contribution in [2.45, 2.75) is 26.2 Å². The van der Waals surface area contributed by atoms with Crippen molar-refractivity contribution in [3.8, 4) is 16.9 Å². The Hall–Kier alpha value is -2.11. The molecule has 0 bridgehead atoms. The molecule has 3 aromatic rings. The van der Waals surface area contributed by atoms with Crippen LogP contribution in [0.5, 0.6) is 5.75 Å². The second-order valence-corrected chi connectivity index (χ2v) is 9.50. The highest BCUT2D eigenvalue weighted by molar-refractivity contribution is 9.11. The minimum absolute atomic E-state index is 0.0480. The summed E-state index contributed by atoms with van der Waals surface area (Å²) in [5.74, 6) is 0.412. The maximum Gasteiger partial charge on any atom is 0.262 e. The molecule has 3 nitrogen and oxygen atoms in total. The lowest BCUT2D eigenvalue weighted by Gasteiger charge is -2.20. The van der Waals surface area contributed by atoms with Crippen LogP contribution in [0.1, 0.15) is 26.3 Å². The van der Waals surface area contributed by atoms with E-state index in [-0.39, 0.29) is 17.9 Å². The van der Waals surface area contributed by atoms with E-state index in [2.05, 4.69) is 70.1 Å². The van der Waals surface area contributed by atoms with Gasteiger partial charge >= 0.3 is 0 Å². The topological polar surface area (TPSA) is 38.3 Å². The molecular weight excluding hydrogens is 494 g/mol. The van der Waals surface area contributed by atoms with Gasteiger partial charge in [-0.1, -0.05) is 63.2 Å². The highest BCUT2D eigenvalue weighted by Gasteiger charge is 2.16. The molecule has 5 heteroatoms. The van der Waals surface area contributed by atoms with Gasteiger partial charge in [-0.3, -0.25) is 4.79 Å². The van der Waals surface area contributed by atoms with Crippen molar-refractivity contribution in [3.05, 3.63) is 81.2 Å². The van der Waals surface area contributed by atoms with E-state index >= 15 is 0 Å². The van der Waals surface area contributed by atoms with Crippen molar-refractivity contribution >= 4 is 43.5 Å². The van der Waals surface area contributed by atoms with Crippen molar-refractivity contribution in [1.82, 2.24) is 0 Å². The Morgan fingerprint density at radius 2 is 1.62 bits per heavy atom. The van der Waals surface area contributed by atoms with Crippen LogP contribution in [0.3, 0.4) is 0 Å². The van der Waals surface area contributed by atoms with Crippen molar-refractivity contribution in [1.29, 1.82) is 0 Å². The van der Waals surface area contributed by atoms with E-state index in [1.54, 1.807) is 0 Å². The average Bonchev–Trinajstić information content (AvgIpc) is 2.68. The molecule has 29 heavy (non-hydrogen) atoms. The number of carbonyl (C=O) groups is 1. The van der Waals surface area contributed by atoms with E-state index < -0.39 is 0 Å². The third-order valence-corrected chi connectivity index (χ3v) is 5.78. The van der Waals surface area contributed by atoms with E-state index in [1.807, 2.05) is 54.6 Å². The number of nitrogens with one attached hydrogen (secondary N) is 1. The molecule has 150 valence electrons. The number of amides is 1. The van der Waals surface area contributed by atoms with E-state index in [9.17, 15) is 4.79 Å². The predicted octanol–water partition coefficient (Wildman–Crippen LogP) is 7.19. The first-order valence-electron chi connectivity index (χ1n) is 9.32. The first-order chi connectivity index (χ1) is 13.7. The number of hydrogen-bond acceptors (Lipinski definition) is 2. The highest BCUT2D eigenvalue weighted by Crippen LogP contribution is 2.32. The number of anilines is 1. The molecule has 0 saturated carbocycles. The van der Waals surface area contributed by atoms with Crippen LogP contribution >= 0.6 is 31.9 Å². The number of benzene rings is 3. The first kappa shape index (κ1) is 21.6. The monoisotopic (exact) mass is 515 g/mol. The molecule has 0 aliphatic heterocycles. The van der Waals surface area contributed by atoms with Crippen LogP contribution in [-0.2, 0) is 10.2 Å². The van der Waals surface area contributed by atoms with Crippen LogP contribution in [0, 0.1) is 0 Å². The fourth-order valence-corrected chi connectivity index (χ4v) is 3.81. The van der Waals surface area contributed by atoms with Gasteiger partial charge in [0.15, 0.2) is 6.61 Å². The summed E-state index contributed by atoms with van der Waals surface area (Å²) in [6.07, 6.45) is 0. The van der Waals surface area contributed by atoms with Crippen LogP contribution in [0.25, 0.3) is 11.1 Å². The van der Waals surface area contributed by atoms with Gasteiger partial charge < -0.3 is 10.1 Å². The molecule has 0 aliphatic rings. The third kappa shape index (κ3) is 5.71. The van der Waals surface area contributed by atoms with Crippen LogP contribution < -0.4 is 10.1 Å². The van der Waals surface area contributed by atoms with Crippen LogP contribution in [0.2, 0.25) is 0 Å². The number of carbonyl (C=O) groups excluding carboxylic acids is 1. The molecule has 0 aliphatic carbocycles. The maximum absolute atomic E-state index is 12.3. The molecule has 0 aromatic heterocycles. The molecule has 0 fully saturated rings. The van der Waals surface area contributed by atoms with Gasteiger partial charge in [0.25, 0.3) is 5.91 Å². The van der Waals surface area contributed by atoms with E-state index in [1.165, 1.54) is 5.56 Å². The SMILES string of the molecule is CC(C)(C)c1ccc(NC(=O)COc2ccc(-c3ccccc3)cc2Br)c(Br)c1. The van der Waals surface area contributed by atoms with E-state index in [0.717, 1.165) is 25.8 Å². The van der Waals surface area contributed by atoms with E-state index in [0.29, 0.717) is 5.75 Å². The Labute approximate surface area is 188 Å². The summed E-state index contributed by atoms with van der Waals surface area (Å²) in [6, 6.07) is 21.9. The second kappa shape index (κ2) is 9.14. The predicted molar refractivity (Wildman–Crippen MR) is 127 cm³/mol. The highest BCUT2D eigenvalue weighted by atomic mass is 79.9. The van der Waals surface area contributed by atoms with Crippen molar-refractivity contribution in [2.75, 3.05) is 11.9 Å². The van der Waals surface area contributed by atoms with Gasteiger partial charge in [-0.15, -0.1) is 0 Å². The third-order valence-electron chi connectivity index (χ3n) is 4.51. The Morgan fingerprint density at radius 1 is 0.897 bits per heavy atom. The summed E-state index contributed by atoms with van der Waals surface area (Å²) in [5.41, 5.74) is 4.18. The quantitative estimate of drug-likeness (QED) is 0.389. The normalized spacial score (nSPS) is 11.2. The molecule has 1 amide bonds. The summed E-state index contributed by atoms with van der Waals surface area (Å²) < 4.78 is 7.37. The van der Waals surface area contributed by atoms with Crippen molar-refractivity contribution in [3.63, 3.8) is 0 Å². The van der Waals surface area contributed by atoms with Gasteiger partial charge in [-0.2, -0.15) is 0 Å². The maximum atomic E-state index is 12.3. The van der Waals surface area contributed by atoms with Gasteiger partial charge in [0.05, 0.1) is 10.2 Å². The fourth-order valence-electron chi connectivity index (χ4n) is 2.84. The molecule has 3 aromatic carbocycles. The minimum atomic E-state index is -0.215. The number of ether oxygens (including phenoxy) is 1. The molecule has 0 saturated heterocycles. The standard InChI is InChI=1S/C24H23Br2NO2/c1-24(2,3)18-10-11-21(19(25)14-18)27-23(28)15-29-22-12-9-17(13-20(22)26)16-7-5-4-6-8-16/h4-14H,15H2,1-3H3,(H,27,28). The Kier molecular flexibility index (Phi) is 6.81. The largest absolute Gasteiger partial charge is 0.483 e. The first-order valence-corrected chi connectivity index (χ1v) is 10.9. The average molecular weight is 517 g/mol. The summed E-state index contributed by atoms with van der Waals surface area (Å²) in [7, 11) is 0. The lowest BCUT2D eigenvalue weighted by Crippen LogP contribution is -2.20. The van der Waals surface area contributed by atoms with Gasteiger partial charge in [-0.25, -0.2) is 0 Å². The lowest BCUT2D eigenvalue weighted by molar-refractivity contribution is -0.118. The summed E-state index contributed by atoms with van der Waals surface area (Å²) in [5, 5.41) is 2.89. The Bertz CT molecular complexity index is 1010. The number of halogens is 2. The van der Waals surface area contributed by atoms with Crippen molar-refractivity contribution in [2.24, 2.45) is 0 Å². The number of hydrogen-bond donors (Lipinski definition) is 1. The van der Waals surface area contributed by atoms with Crippen molar-refractivity contribution < 1.29 is 9.53 Å². The van der Waals surface area contributed by atoms with Crippen LogP contribution in [0.15, 0.2) is 75.7 Å². The lowest BCUT2D eigenvalue weighted by atomic mass is 9.87. The van der Waals surface area contributed by atoms with Gasteiger partial charge in [0.2, 0.25) is 0 Å². The second-order valence-electron chi connectivity index (χ2n) is 7.79. The van der Waals surface area contributed by atoms with Crippen LogP contribution in [0.4, 0.5) is 5.69 Å². The van der Waals surface area contributed by atoms with E-state index in [4.69, 9.17) is 4.74 Å². The Morgan fingerprint density at radius 3 is 2.24 bits per heavy atom. The molecule has 0 heterocycles. The summed E-state index contributed by atoms with van der Waals surface area (Å²) in [4.78, 5) is 12.3. The molecule has 0 radical (unpaired) electrons. The molecule has 0 unspecified atom stereocenters. The zero-order chi connectivity index (χ0) is 21.0. The fraction of sp³-hybridized carbons (Fsp3) is 0.208. The van der Waals surface area contributed by atoms with Gasteiger partial charge in [0.1, 0.15) is 5.75 Å². The molecular formula is C24H23Br2NO2. The van der Waals surface area contributed by atoms with Gasteiger partial charge in [-0.05, 0) is 78.2 Å². The Balaban J connectivity index is 1.62. The zero-order valence-electron chi connectivity index (χ0n) is 16.6. The molecule has 1 N–H and O–H groups in total. The zero-order valence-corrected chi connectivity index (χ0v) is 19.8.